The number of ether oxygens (including phenoxy) is 1. The second-order valence-corrected chi connectivity index (χ2v) is 3.83. The number of nitrogens with two attached hydrogens (primary N) is 1. The molecule has 1 atom stereocenters. The molecule has 72 valence electrons. The van der Waals surface area contributed by atoms with Crippen molar-refractivity contribution in [2.24, 2.45) is 5.73 Å². The van der Waals surface area contributed by atoms with E-state index in [4.69, 9.17) is 10.5 Å². The summed E-state index contributed by atoms with van der Waals surface area (Å²) < 4.78 is 5.07. The van der Waals surface area contributed by atoms with Crippen molar-refractivity contribution in [2.75, 3.05) is 7.05 Å². The zero-order chi connectivity index (χ0) is 9.94. The minimum atomic E-state index is -0.458. The highest BCUT2D eigenvalue weighted by atomic mass is 16.6. The van der Waals surface area contributed by atoms with Gasteiger partial charge in [-0.05, 0) is 27.7 Å². The second kappa shape index (κ2) is 3.76. The van der Waals surface area contributed by atoms with E-state index in [1.54, 1.807) is 14.0 Å². The quantitative estimate of drug-likeness (QED) is 0.607. The van der Waals surface area contributed by atoms with Gasteiger partial charge in [0.2, 0.25) is 0 Å². The van der Waals surface area contributed by atoms with Crippen molar-refractivity contribution in [3.8, 4) is 0 Å². The normalized spacial score (nSPS) is 13.8. The van der Waals surface area contributed by atoms with Gasteiger partial charge in [-0.3, -0.25) is 4.90 Å². The van der Waals surface area contributed by atoms with Crippen LogP contribution < -0.4 is 5.73 Å². The summed E-state index contributed by atoms with van der Waals surface area (Å²) in [7, 11) is 1.61. The number of amides is 1. The molecular weight excluding hydrogens is 156 g/mol. The zero-order valence-corrected chi connectivity index (χ0v) is 8.42. The van der Waals surface area contributed by atoms with Crippen molar-refractivity contribution in [3.63, 3.8) is 0 Å². The minimum absolute atomic E-state index is 0.320. The summed E-state index contributed by atoms with van der Waals surface area (Å²) in [5.41, 5.74) is 5.02. The van der Waals surface area contributed by atoms with Crippen LogP contribution in [0, 0.1) is 0 Å². The Morgan fingerprint density at radius 2 is 1.92 bits per heavy atom. The molecule has 0 aromatic heterocycles. The molecule has 0 heterocycles. The molecule has 12 heavy (non-hydrogen) atoms. The van der Waals surface area contributed by atoms with Crippen LogP contribution in [0.2, 0.25) is 0 Å². The van der Waals surface area contributed by atoms with Gasteiger partial charge < -0.3 is 10.5 Å². The summed E-state index contributed by atoms with van der Waals surface area (Å²) in [5.74, 6) is 0. The molecule has 0 spiro atoms. The van der Waals surface area contributed by atoms with Crippen LogP contribution in [-0.2, 0) is 4.74 Å². The van der Waals surface area contributed by atoms with E-state index in [0.29, 0.717) is 0 Å². The van der Waals surface area contributed by atoms with Crippen LogP contribution in [0.3, 0.4) is 0 Å². The van der Waals surface area contributed by atoms with Crippen molar-refractivity contribution < 1.29 is 9.53 Å². The summed E-state index contributed by atoms with van der Waals surface area (Å²) in [6.45, 7) is 7.18. The van der Waals surface area contributed by atoms with Gasteiger partial charge >= 0.3 is 6.09 Å². The third-order valence-corrected chi connectivity index (χ3v) is 1.29. The van der Waals surface area contributed by atoms with Gasteiger partial charge in [0.25, 0.3) is 0 Å². The SMILES string of the molecule is CC(N)N(C)C(=O)OC(C)(C)C. The number of rotatable bonds is 1. The van der Waals surface area contributed by atoms with Gasteiger partial charge in [-0.25, -0.2) is 4.79 Å². The topological polar surface area (TPSA) is 55.6 Å². The summed E-state index contributed by atoms with van der Waals surface area (Å²) >= 11 is 0. The standard InChI is InChI=1S/C8H18N2O2/c1-6(9)10(5)7(11)12-8(2,3)4/h6H,9H2,1-5H3. The first-order chi connectivity index (χ1) is 5.24. The maximum atomic E-state index is 11.2. The van der Waals surface area contributed by atoms with Crippen molar-refractivity contribution >= 4 is 6.09 Å². The number of hydrogen-bond donors (Lipinski definition) is 1. The minimum Gasteiger partial charge on any atom is -0.444 e. The molecular formula is C8H18N2O2. The maximum absolute atomic E-state index is 11.2. The Hall–Kier alpha value is -0.770. The van der Waals surface area contributed by atoms with Crippen LogP contribution in [0.5, 0.6) is 0 Å². The highest BCUT2D eigenvalue weighted by molar-refractivity contribution is 5.67. The lowest BCUT2D eigenvalue weighted by Gasteiger charge is -2.26. The molecule has 2 N–H and O–H groups in total. The fourth-order valence-corrected chi connectivity index (χ4v) is 0.500. The van der Waals surface area contributed by atoms with Gasteiger partial charge in [0.05, 0.1) is 6.17 Å². The summed E-state index contributed by atoms with van der Waals surface area (Å²) in [4.78, 5) is 12.6. The van der Waals surface area contributed by atoms with Crippen molar-refractivity contribution in [3.05, 3.63) is 0 Å². The third-order valence-electron chi connectivity index (χ3n) is 1.29. The van der Waals surface area contributed by atoms with Crippen molar-refractivity contribution in [2.45, 2.75) is 39.5 Å². The Bertz CT molecular complexity index is 161. The average Bonchev–Trinajstić information content (AvgIpc) is 1.82. The van der Waals surface area contributed by atoms with Crippen LogP contribution in [0.15, 0.2) is 0 Å². The van der Waals surface area contributed by atoms with Crippen molar-refractivity contribution in [1.82, 2.24) is 4.90 Å². The molecule has 0 aromatic rings. The van der Waals surface area contributed by atoms with Gasteiger partial charge in [-0.15, -0.1) is 0 Å². The zero-order valence-electron chi connectivity index (χ0n) is 8.42. The van der Waals surface area contributed by atoms with E-state index in [2.05, 4.69) is 0 Å². The lowest BCUT2D eigenvalue weighted by molar-refractivity contribution is 0.0241. The molecule has 0 aliphatic rings. The lowest BCUT2D eigenvalue weighted by atomic mass is 10.2. The lowest BCUT2D eigenvalue weighted by Crippen LogP contribution is -2.43. The number of carbonyl (C=O) groups is 1. The van der Waals surface area contributed by atoms with Crippen LogP contribution >= 0.6 is 0 Å². The molecule has 0 aliphatic heterocycles. The molecule has 0 fully saturated rings. The van der Waals surface area contributed by atoms with E-state index in [1.807, 2.05) is 20.8 Å². The first kappa shape index (κ1) is 11.2. The van der Waals surface area contributed by atoms with Gasteiger partial charge in [-0.2, -0.15) is 0 Å². The fourth-order valence-electron chi connectivity index (χ4n) is 0.500. The van der Waals surface area contributed by atoms with Crippen LogP contribution in [0.1, 0.15) is 27.7 Å². The number of carbonyl (C=O) groups excluding carboxylic acids is 1. The van der Waals surface area contributed by atoms with Gasteiger partial charge in [0.15, 0.2) is 0 Å². The van der Waals surface area contributed by atoms with E-state index in [0.717, 1.165) is 0 Å². The van der Waals surface area contributed by atoms with Crippen LogP contribution in [0.25, 0.3) is 0 Å². The molecule has 4 heteroatoms. The number of hydrogen-bond acceptors (Lipinski definition) is 3. The maximum Gasteiger partial charge on any atom is 0.411 e. The van der Waals surface area contributed by atoms with Crippen LogP contribution in [-0.4, -0.2) is 29.8 Å². The van der Waals surface area contributed by atoms with E-state index >= 15 is 0 Å². The summed E-state index contributed by atoms with van der Waals surface area (Å²) in [6, 6.07) is 0. The Labute approximate surface area is 73.7 Å². The highest BCUT2D eigenvalue weighted by Gasteiger charge is 2.20. The largest absolute Gasteiger partial charge is 0.444 e. The van der Waals surface area contributed by atoms with E-state index < -0.39 is 11.7 Å². The van der Waals surface area contributed by atoms with E-state index in [-0.39, 0.29) is 6.17 Å². The molecule has 0 rings (SSSR count). The Morgan fingerprint density at radius 3 is 2.17 bits per heavy atom. The molecule has 1 unspecified atom stereocenters. The van der Waals surface area contributed by atoms with E-state index in [1.165, 1.54) is 4.90 Å². The number of nitrogens with zero attached hydrogens (tertiary/aromatic N) is 1. The van der Waals surface area contributed by atoms with Crippen LogP contribution in [0.4, 0.5) is 4.79 Å². The second-order valence-electron chi connectivity index (χ2n) is 3.83. The molecule has 4 nitrogen and oxygen atoms in total. The Balaban J connectivity index is 4.05. The van der Waals surface area contributed by atoms with Gasteiger partial charge in [-0.1, -0.05) is 0 Å². The molecule has 0 aliphatic carbocycles. The molecule has 1 amide bonds. The first-order valence-corrected chi connectivity index (χ1v) is 3.95. The summed E-state index contributed by atoms with van der Waals surface area (Å²) in [6.07, 6.45) is -0.711. The Kier molecular flexibility index (Phi) is 3.52. The Morgan fingerprint density at radius 1 is 1.50 bits per heavy atom. The van der Waals surface area contributed by atoms with Gasteiger partial charge in [0.1, 0.15) is 5.60 Å². The molecule has 0 radical (unpaired) electrons. The molecule has 0 saturated carbocycles. The first-order valence-electron chi connectivity index (χ1n) is 3.95. The summed E-state index contributed by atoms with van der Waals surface area (Å²) in [5, 5.41) is 0. The van der Waals surface area contributed by atoms with E-state index in [9.17, 15) is 4.79 Å². The van der Waals surface area contributed by atoms with Gasteiger partial charge in [0, 0.05) is 7.05 Å². The monoisotopic (exact) mass is 174 g/mol. The predicted octanol–water partition coefficient (Wildman–Crippen LogP) is 1.16. The molecule has 0 aromatic carbocycles. The predicted molar refractivity (Wildman–Crippen MR) is 47.6 cm³/mol. The fraction of sp³-hybridized carbons (Fsp3) is 0.875. The third kappa shape index (κ3) is 4.18. The average molecular weight is 174 g/mol. The molecule has 0 saturated heterocycles. The smallest absolute Gasteiger partial charge is 0.411 e. The highest BCUT2D eigenvalue weighted by Crippen LogP contribution is 2.09. The molecule has 0 bridgehead atoms. The van der Waals surface area contributed by atoms with Crippen molar-refractivity contribution in [1.29, 1.82) is 0 Å².